The van der Waals surface area contributed by atoms with Gasteiger partial charge in [-0.3, -0.25) is 9.88 Å². The Morgan fingerprint density at radius 3 is 2.82 bits per heavy atom. The zero-order valence-electron chi connectivity index (χ0n) is 22.1. The molecule has 9 heteroatoms. The highest BCUT2D eigenvalue weighted by Gasteiger charge is 2.19. The van der Waals surface area contributed by atoms with E-state index in [9.17, 15) is 9.90 Å². The first-order valence-electron chi connectivity index (χ1n) is 13.5. The van der Waals surface area contributed by atoms with Crippen molar-refractivity contribution in [2.45, 2.75) is 51.5 Å². The first-order valence-corrected chi connectivity index (χ1v) is 13.5. The highest BCUT2D eigenvalue weighted by molar-refractivity contribution is 5.76. The van der Waals surface area contributed by atoms with Gasteiger partial charge in [0, 0.05) is 37.7 Å². The number of hydrogen-bond acceptors (Lipinski definition) is 8. The summed E-state index contributed by atoms with van der Waals surface area (Å²) in [5, 5.41) is 16.2. The molecule has 1 atom stereocenters. The number of nitrogens with zero attached hydrogens (tertiary/aromatic N) is 4. The van der Waals surface area contributed by atoms with E-state index >= 15 is 0 Å². The van der Waals surface area contributed by atoms with Gasteiger partial charge in [0.15, 0.2) is 0 Å². The Labute approximate surface area is 224 Å². The quantitative estimate of drug-likeness (QED) is 0.255. The summed E-state index contributed by atoms with van der Waals surface area (Å²) in [6.45, 7) is 5.62. The fourth-order valence-electron chi connectivity index (χ4n) is 4.59. The molecule has 3 aromatic rings. The Hall–Kier alpha value is -3.72. The molecule has 0 saturated heterocycles. The average Bonchev–Trinajstić information content (AvgIpc) is 2.94. The topological polar surface area (TPSA) is 113 Å². The maximum Gasteiger partial charge on any atom is 0.326 e. The van der Waals surface area contributed by atoms with Crippen LogP contribution < -0.4 is 15.4 Å². The van der Waals surface area contributed by atoms with Crippen LogP contribution in [0.1, 0.15) is 42.6 Å². The molecular weight excluding hydrogens is 480 g/mol. The number of rotatable bonds is 15. The van der Waals surface area contributed by atoms with Gasteiger partial charge in [-0.1, -0.05) is 12.1 Å². The van der Waals surface area contributed by atoms with E-state index in [1.54, 1.807) is 18.5 Å². The molecule has 1 unspecified atom stereocenters. The number of ether oxygens (including phenoxy) is 1. The lowest BCUT2D eigenvalue weighted by molar-refractivity contribution is -0.138. The molecule has 38 heavy (non-hydrogen) atoms. The van der Waals surface area contributed by atoms with Gasteiger partial charge in [0.25, 0.3) is 0 Å². The monoisotopic (exact) mass is 518 g/mol. The van der Waals surface area contributed by atoms with E-state index < -0.39 is 12.0 Å². The molecule has 3 aromatic heterocycles. The van der Waals surface area contributed by atoms with E-state index in [1.807, 2.05) is 31.2 Å². The summed E-state index contributed by atoms with van der Waals surface area (Å²) < 4.78 is 5.98. The number of anilines is 2. The summed E-state index contributed by atoms with van der Waals surface area (Å²) in [5.74, 6) is 1.50. The molecule has 0 bridgehead atoms. The standard InChI is InChI=1S/C29H38N6O3/c1-22-26(10-7-16-30-22)38-21-20-35(19-14-25(29(36)37)34-27-11-2-4-15-31-27)18-5-3-9-24-13-12-23-8-6-17-32-28(23)33-24/h2,4,7,10-13,15-16,25H,3,5-6,8-9,14,17-21H2,1H3,(H,31,34)(H,32,33)(H,36,37). The third-order valence-electron chi connectivity index (χ3n) is 6.75. The molecular formula is C29H38N6O3. The summed E-state index contributed by atoms with van der Waals surface area (Å²) in [4.78, 5) is 27.5. The lowest BCUT2D eigenvalue weighted by atomic mass is 10.1. The van der Waals surface area contributed by atoms with Gasteiger partial charge in [-0.25, -0.2) is 14.8 Å². The van der Waals surface area contributed by atoms with Crippen molar-refractivity contribution in [1.82, 2.24) is 19.9 Å². The second-order valence-electron chi connectivity index (χ2n) is 9.61. The zero-order valence-corrected chi connectivity index (χ0v) is 22.1. The minimum atomic E-state index is -0.884. The van der Waals surface area contributed by atoms with Gasteiger partial charge >= 0.3 is 5.97 Å². The molecule has 202 valence electrons. The highest BCUT2D eigenvalue weighted by atomic mass is 16.5. The molecule has 0 radical (unpaired) electrons. The molecule has 9 nitrogen and oxygen atoms in total. The third-order valence-corrected chi connectivity index (χ3v) is 6.75. The normalized spacial score (nSPS) is 13.4. The van der Waals surface area contributed by atoms with E-state index in [1.165, 1.54) is 5.56 Å². The van der Waals surface area contributed by atoms with Gasteiger partial charge in [-0.2, -0.15) is 0 Å². The van der Waals surface area contributed by atoms with Crippen LogP contribution in [0.25, 0.3) is 0 Å². The minimum Gasteiger partial charge on any atom is -0.490 e. The Kier molecular flexibility index (Phi) is 10.3. The second-order valence-corrected chi connectivity index (χ2v) is 9.61. The lowest BCUT2D eigenvalue weighted by Gasteiger charge is -2.25. The summed E-state index contributed by atoms with van der Waals surface area (Å²) in [5.41, 5.74) is 3.28. The SMILES string of the molecule is Cc1ncccc1OCCN(CCCCc1ccc2c(n1)NCCC2)CCC(Nc1ccccn1)C(=O)O. The van der Waals surface area contributed by atoms with Crippen molar-refractivity contribution < 1.29 is 14.6 Å². The van der Waals surface area contributed by atoms with Crippen molar-refractivity contribution in [2.24, 2.45) is 0 Å². The third kappa shape index (κ3) is 8.41. The molecule has 0 fully saturated rings. The number of carbonyl (C=O) groups is 1. The second kappa shape index (κ2) is 14.3. The largest absolute Gasteiger partial charge is 0.490 e. The van der Waals surface area contributed by atoms with Crippen LogP contribution in [0.5, 0.6) is 5.75 Å². The predicted molar refractivity (Wildman–Crippen MR) is 149 cm³/mol. The first kappa shape index (κ1) is 27.3. The van der Waals surface area contributed by atoms with Crippen LogP contribution in [0.4, 0.5) is 11.6 Å². The van der Waals surface area contributed by atoms with Crippen LogP contribution in [0.15, 0.2) is 54.9 Å². The van der Waals surface area contributed by atoms with E-state index in [2.05, 4.69) is 37.6 Å². The summed E-state index contributed by atoms with van der Waals surface area (Å²) in [6.07, 6.45) is 9.04. The minimum absolute atomic E-state index is 0.454. The van der Waals surface area contributed by atoms with Gasteiger partial charge in [0.05, 0.1) is 5.69 Å². The number of unbranched alkanes of at least 4 members (excludes halogenated alkanes) is 1. The maximum atomic E-state index is 11.9. The molecule has 0 saturated carbocycles. The van der Waals surface area contributed by atoms with Gasteiger partial charge in [0.2, 0.25) is 0 Å². The molecule has 3 N–H and O–H groups in total. The summed E-state index contributed by atoms with van der Waals surface area (Å²) >= 11 is 0. The Balaban J connectivity index is 1.30. The fourth-order valence-corrected chi connectivity index (χ4v) is 4.59. The van der Waals surface area contributed by atoms with E-state index in [-0.39, 0.29) is 0 Å². The van der Waals surface area contributed by atoms with Crippen LogP contribution in [0.2, 0.25) is 0 Å². The summed E-state index contributed by atoms with van der Waals surface area (Å²) in [6, 6.07) is 12.8. The van der Waals surface area contributed by atoms with E-state index in [4.69, 9.17) is 9.72 Å². The van der Waals surface area contributed by atoms with Gasteiger partial charge < -0.3 is 20.5 Å². The fraction of sp³-hybridized carbons (Fsp3) is 0.448. The van der Waals surface area contributed by atoms with Crippen LogP contribution >= 0.6 is 0 Å². The molecule has 4 rings (SSSR count). The zero-order chi connectivity index (χ0) is 26.6. The summed E-state index contributed by atoms with van der Waals surface area (Å²) in [7, 11) is 0. The molecule has 4 heterocycles. The number of pyridine rings is 3. The van der Waals surface area contributed by atoms with Crippen molar-refractivity contribution in [2.75, 3.05) is 43.4 Å². The van der Waals surface area contributed by atoms with Gasteiger partial charge in [-0.15, -0.1) is 0 Å². The number of hydrogen-bond donors (Lipinski definition) is 3. The van der Waals surface area contributed by atoms with Crippen molar-refractivity contribution in [3.05, 3.63) is 71.8 Å². The number of carboxylic acid groups (broad SMARTS) is 1. The van der Waals surface area contributed by atoms with Gasteiger partial charge in [-0.05, 0) is 87.9 Å². The van der Waals surface area contributed by atoms with Crippen molar-refractivity contribution in [3.8, 4) is 5.75 Å². The number of aromatic nitrogens is 3. The van der Waals surface area contributed by atoms with Crippen LogP contribution in [-0.2, 0) is 17.6 Å². The van der Waals surface area contributed by atoms with E-state index in [0.29, 0.717) is 31.9 Å². The van der Waals surface area contributed by atoms with Crippen LogP contribution in [0, 0.1) is 6.92 Å². The highest BCUT2D eigenvalue weighted by Crippen LogP contribution is 2.20. The Morgan fingerprint density at radius 2 is 2.00 bits per heavy atom. The Bertz CT molecular complexity index is 1160. The number of aliphatic carboxylic acids is 1. The first-order chi connectivity index (χ1) is 18.6. The molecule has 0 aliphatic carbocycles. The Morgan fingerprint density at radius 1 is 1.11 bits per heavy atom. The lowest BCUT2D eigenvalue weighted by Crippen LogP contribution is -2.37. The number of carboxylic acids is 1. The molecule has 0 aromatic carbocycles. The smallest absolute Gasteiger partial charge is 0.326 e. The average molecular weight is 519 g/mol. The van der Waals surface area contributed by atoms with Crippen molar-refractivity contribution in [1.29, 1.82) is 0 Å². The molecule has 1 aliphatic heterocycles. The molecule has 0 amide bonds. The van der Waals surface area contributed by atoms with Crippen molar-refractivity contribution >= 4 is 17.6 Å². The predicted octanol–water partition coefficient (Wildman–Crippen LogP) is 4.20. The van der Waals surface area contributed by atoms with Crippen LogP contribution in [-0.4, -0.2) is 69.8 Å². The number of nitrogens with one attached hydrogen (secondary N) is 2. The van der Waals surface area contributed by atoms with E-state index in [0.717, 1.165) is 68.1 Å². The van der Waals surface area contributed by atoms with Gasteiger partial charge in [0.1, 0.15) is 30.0 Å². The number of fused-ring (bicyclic) bond motifs is 1. The number of aryl methyl sites for hydroxylation is 3. The molecule has 0 spiro atoms. The maximum absolute atomic E-state index is 11.9. The molecule has 1 aliphatic rings. The van der Waals surface area contributed by atoms with Crippen LogP contribution in [0.3, 0.4) is 0 Å². The van der Waals surface area contributed by atoms with Crippen molar-refractivity contribution in [3.63, 3.8) is 0 Å².